The molecule has 0 bridgehead atoms. The number of Topliss-reactive ketones (excluding diaryl/α,β-unsaturated/α-hetero) is 1. The van der Waals surface area contributed by atoms with E-state index in [1.165, 1.54) is 48.5 Å². The molecule has 0 aromatic heterocycles. The smallest absolute Gasteiger partial charge is 0.230 e. The van der Waals surface area contributed by atoms with E-state index in [2.05, 4.69) is 274 Å². The predicted octanol–water partition coefficient (Wildman–Crippen LogP) is 20.7. The topological polar surface area (TPSA) is 228 Å². The molecule has 9 atom stereocenters. The maximum absolute atomic E-state index is 11.3. The number of hydrogen-bond donors (Lipinski definition) is 9. The van der Waals surface area contributed by atoms with Crippen molar-refractivity contribution in [3.8, 4) is 0 Å². The summed E-state index contributed by atoms with van der Waals surface area (Å²) in [6.07, 6.45) is 20.4. The van der Waals surface area contributed by atoms with E-state index in [0.717, 1.165) is 139 Å². The Morgan fingerprint density at radius 1 is 0.264 bits per heavy atom. The molecule has 9 saturated heterocycles. The quantitative estimate of drug-likeness (QED) is 0.104. The Morgan fingerprint density at radius 3 is 0.964 bits per heavy atom. The van der Waals surface area contributed by atoms with Gasteiger partial charge in [-0.15, -0.1) is 0 Å². The third-order valence-electron chi connectivity index (χ3n) is 23.5. The number of ketones is 1. The number of piperidine rings is 5. The van der Waals surface area contributed by atoms with Crippen molar-refractivity contribution in [1.29, 1.82) is 0 Å². The number of amides is 6. The second-order valence-corrected chi connectivity index (χ2v) is 43.8. The highest BCUT2D eigenvalue weighted by Gasteiger charge is 2.40. The maximum Gasteiger partial charge on any atom is 0.230 e. The molecule has 10 aliphatic rings. The van der Waals surface area contributed by atoms with Crippen molar-refractivity contribution < 1.29 is 33.6 Å². The summed E-state index contributed by atoms with van der Waals surface area (Å²) in [6, 6.07) is 1.27. The normalized spacial score (nSPS) is 25.5. The number of imide groups is 1. The number of carbonyl (C=O) groups is 7. The van der Waals surface area contributed by atoms with Crippen LogP contribution in [0.4, 0.5) is 0 Å². The van der Waals surface area contributed by atoms with Crippen molar-refractivity contribution in [2.24, 2.45) is 101 Å². The first-order valence-electron chi connectivity index (χ1n) is 41.8. The van der Waals surface area contributed by atoms with Gasteiger partial charge in [0, 0.05) is 122 Å². The molecule has 636 valence electrons. The van der Waals surface area contributed by atoms with Gasteiger partial charge < -0.3 is 42.5 Å². The van der Waals surface area contributed by atoms with Crippen LogP contribution < -0.4 is 47.9 Å². The maximum atomic E-state index is 11.3. The van der Waals surface area contributed by atoms with Crippen molar-refractivity contribution in [1.82, 2.24) is 47.9 Å². The molecular formula is C94H173N9O7. The van der Waals surface area contributed by atoms with Crippen LogP contribution in [-0.2, 0) is 33.6 Å². The van der Waals surface area contributed by atoms with Gasteiger partial charge in [0.25, 0.3) is 0 Å². The molecule has 9 N–H and O–H groups in total. The summed E-state index contributed by atoms with van der Waals surface area (Å²) < 4.78 is 0. The van der Waals surface area contributed by atoms with Gasteiger partial charge in [-0.05, 0) is 181 Å². The summed E-state index contributed by atoms with van der Waals surface area (Å²) in [5, 5.41) is 27.0. The van der Waals surface area contributed by atoms with Crippen LogP contribution in [0.15, 0.2) is 73.7 Å². The first-order chi connectivity index (χ1) is 49.2. The number of carbonyl (C=O) groups excluding carboxylic acids is 7. The Bertz CT molecular complexity index is 2910. The molecule has 9 unspecified atom stereocenters. The predicted molar refractivity (Wildman–Crippen MR) is 467 cm³/mol. The molecular weight excluding hydrogens is 1370 g/mol. The summed E-state index contributed by atoms with van der Waals surface area (Å²) in [6.45, 7) is 93.0. The lowest BCUT2D eigenvalue weighted by Crippen LogP contribution is -2.45. The zero-order chi connectivity index (χ0) is 84.6. The average Bonchev–Trinajstić information content (AvgIpc) is 1.40. The summed E-state index contributed by atoms with van der Waals surface area (Å²) in [5.41, 5.74) is 9.13. The Hall–Kier alpha value is -5.67. The minimum Gasteiger partial charge on any atom is -0.389 e. The molecule has 110 heavy (non-hydrogen) atoms. The molecule has 6 amide bonds. The molecule has 10 fully saturated rings. The van der Waals surface area contributed by atoms with Crippen molar-refractivity contribution in [3.63, 3.8) is 0 Å². The van der Waals surface area contributed by atoms with Crippen molar-refractivity contribution in [3.05, 3.63) is 73.7 Å². The SMILES string of the molecule is C.C=C1CC(C(C)(C)C)C(=O)N1.C=C1CC(C(C)(C)C)CC(=O)N1.C=C1CC(C(C)(C)C)CCN1.C=C1CC(C(C)(C)C)CN1.C=C1CCC(C(C)(C)C)N1.C=C1CCCC(C(C)(C)C)N1.CC(C)(C)C1CCC(=O)CC1.CC(C)(C)C1CCC(=O)NC1=O.CC(C)(C)C1CCCNC1=O.CC(C)(C)C1CCNC1=O. The molecule has 16 heteroatoms. The van der Waals surface area contributed by atoms with Gasteiger partial charge in [-0.25, -0.2) is 0 Å². The lowest BCUT2D eigenvalue weighted by molar-refractivity contribution is -0.139. The van der Waals surface area contributed by atoms with Gasteiger partial charge in [0.1, 0.15) is 5.78 Å². The standard InChI is InChI=1S/C10H17NO.2C10H19N.C10H18O.C9H15NO2.C9H15NO.C9H17NO.2C9H17N.C8H15NO.CH4/c1-7-5-8(10(2,3)4)6-9(12)11-7;1-8-7-9(5-6-11-8)10(2,3)4;1-8-6-5-7-9(11-8)10(2,3)4;1-10(2,3)8-4-6-9(11)7-5-8;1-9(2,3)6-4-5-7(11)10-8(6)12;1-6-5-7(8(11)10-6)9(2,3)4;1-9(2,3)7-5-4-6-10-8(7)11;1-7-5-8(6-10-7)9(2,3)4;1-7-5-6-8(10-7)9(2,3)4;1-8(2,3)6-4-5-9-7(6)10;/h8H,1,5-6H2,2-4H3,(H,11,12);2*9,11H,1,5-7H2,2-4H3;8H,4-7H2,1-3H3;6H,4-5H2,1-3H3,(H,10,11,12);7H,1,5H2,2-4H3,(H,10,11);7H,4-6H2,1-3H3,(H,10,11);2*8,10H,1,5-6H2,2-4H3;6H,4-5H2,1-3H3,(H,9,10);1H4. The van der Waals surface area contributed by atoms with Crippen molar-refractivity contribution in [2.75, 3.05) is 26.2 Å². The lowest BCUT2D eigenvalue weighted by Gasteiger charge is -2.36. The average molecular weight is 1540 g/mol. The van der Waals surface area contributed by atoms with Crippen LogP contribution in [0.5, 0.6) is 0 Å². The van der Waals surface area contributed by atoms with E-state index in [1.54, 1.807) is 0 Å². The van der Waals surface area contributed by atoms with Crippen molar-refractivity contribution in [2.45, 2.75) is 356 Å². The van der Waals surface area contributed by atoms with Gasteiger partial charge >= 0.3 is 0 Å². The van der Waals surface area contributed by atoms with Gasteiger partial charge in [0.05, 0.1) is 0 Å². The van der Waals surface area contributed by atoms with E-state index in [1.807, 2.05) is 20.8 Å². The van der Waals surface area contributed by atoms with Crippen LogP contribution in [0.1, 0.15) is 344 Å². The minimum absolute atomic E-state index is 0. The highest BCUT2D eigenvalue weighted by atomic mass is 16.2. The number of nitrogens with one attached hydrogen (secondary N) is 9. The van der Waals surface area contributed by atoms with Crippen LogP contribution >= 0.6 is 0 Å². The number of allylic oxidation sites excluding steroid dienone is 6. The van der Waals surface area contributed by atoms with Gasteiger partial charge in [-0.2, -0.15) is 0 Å². The molecule has 0 spiro atoms. The number of hydrogen-bond acceptors (Lipinski definition) is 11. The Morgan fingerprint density at radius 2 is 0.664 bits per heavy atom. The number of rotatable bonds is 0. The van der Waals surface area contributed by atoms with E-state index >= 15 is 0 Å². The van der Waals surface area contributed by atoms with E-state index in [9.17, 15) is 33.6 Å². The summed E-state index contributed by atoms with van der Waals surface area (Å²) >= 11 is 0. The van der Waals surface area contributed by atoms with Gasteiger partial charge in [-0.3, -0.25) is 38.9 Å². The zero-order valence-corrected chi connectivity index (χ0v) is 75.8. The largest absolute Gasteiger partial charge is 0.389 e. The summed E-state index contributed by atoms with van der Waals surface area (Å²) in [5.74, 6) is 4.26. The second kappa shape index (κ2) is 44.3. The second-order valence-electron chi connectivity index (χ2n) is 43.8. The molecule has 0 radical (unpaired) electrons. The van der Waals surface area contributed by atoms with Gasteiger partial charge in [0.2, 0.25) is 35.4 Å². The molecule has 9 heterocycles. The Balaban J connectivity index is 0.00000120. The zero-order valence-electron chi connectivity index (χ0n) is 75.8. The minimum atomic E-state index is -0.138. The van der Waals surface area contributed by atoms with Crippen LogP contribution in [-0.4, -0.2) is 79.5 Å². The molecule has 16 nitrogen and oxygen atoms in total. The van der Waals surface area contributed by atoms with Crippen LogP contribution in [0.3, 0.4) is 0 Å². The lowest BCUT2D eigenvalue weighted by atomic mass is 9.72. The van der Waals surface area contributed by atoms with E-state index in [0.29, 0.717) is 70.1 Å². The van der Waals surface area contributed by atoms with Crippen LogP contribution in [0.2, 0.25) is 0 Å². The summed E-state index contributed by atoms with van der Waals surface area (Å²) in [4.78, 5) is 77.9. The first kappa shape index (κ1) is 104. The Labute approximate surface area is 676 Å². The fourth-order valence-corrected chi connectivity index (χ4v) is 15.1. The molecule has 10 rings (SSSR count). The van der Waals surface area contributed by atoms with E-state index in [4.69, 9.17) is 0 Å². The van der Waals surface area contributed by atoms with E-state index < -0.39 is 0 Å². The van der Waals surface area contributed by atoms with Crippen molar-refractivity contribution >= 4 is 41.2 Å². The first-order valence-corrected chi connectivity index (χ1v) is 41.8. The fraction of sp³-hybridized carbons (Fsp3) is 0.798. The molecule has 0 aromatic rings. The molecule has 1 saturated carbocycles. The van der Waals surface area contributed by atoms with E-state index in [-0.39, 0.29) is 93.6 Å². The molecule has 9 aliphatic heterocycles. The highest BCUT2D eigenvalue weighted by Crippen LogP contribution is 2.41. The molecule has 0 aromatic carbocycles. The van der Waals surface area contributed by atoms with Crippen LogP contribution in [0.25, 0.3) is 0 Å². The summed E-state index contributed by atoms with van der Waals surface area (Å²) in [7, 11) is 0. The monoisotopic (exact) mass is 1540 g/mol. The third-order valence-corrected chi connectivity index (χ3v) is 23.5. The van der Waals surface area contributed by atoms with Crippen LogP contribution in [0, 0.1) is 101 Å². The van der Waals surface area contributed by atoms with Gasteiger partial charge in [0.15, 0.2) is 0 Å². The highest BCUT2D eigenvalue weighted by molar-refractivity contribution is 5.99. The van der Waals surface area contributed by atoms with Gasteiger partial charge in [-0.1, -0.05) is 255 Å². The Kier molecular flexibility index (Phi) is 42.0. The molecule has 1 aliphatic carbocycles. The third kappa shape index (κ3) is 40.9. The fourth-order valence-electron chi connectivity index (χ4n) is 15.1.